The zero-order valence-electron chi connectivity index (χ0n) is 18.8. The summed E-state index contributed by atoms with van der Waals surface area (Å²) < 4.78 is 59.2. The molecule has 2 aromatic carbocycles. The van der Waals surface area contributed by atoms with Crippen LogP contribution in [0.15, 0.2) is 59.9 Å². The van der Waals surface area contributed by atoms with Crippen molar-refractivity contribution in [2.45, 2.75) is 11.5 Å². The molecule has 0 aliphatic heterocycles. The van der Waals surface area contributed by atoms with Gasteiger partial charge in [-0.25, -0.2) is 36.8 Å². The second kappa shape index (κ2) is 10.1. The predicted molar refractivity (Wildman–Crippen MR) is 135 cm³/mol. The van der Waals surface area contributed by atoms with Crippen LogP contribution in [0, 0.1) is 11.6 Å². The Kier molecular flexibility index (Phi) is 6.79. The van der Waals surface area contributed by atoms with Crippen molar-refractivity contribution in [3.63, 3.8) is 0 Å². The highest BCUT2D eigenvalue weighted by Crippen LogP contribution is 2.34. The lowest BCUT2D eigenvalue weighted by atomic mass is 10.2. The van der Waals surface area contributed by atoms with Crippen molar-refractivity contribution < 1.29 is 22.3 Å². The van der Waals surface area contributed by atoms with E-state index in [9.17, 15) is 17.9 Å². The van der Waals surface area contributed by atoms with Crippen molar-refractivity contribution in [2.24, 2.45) is 0 Å². The normalized spacial score (nSPS) is 11.6. The van der Waals surface area contributed by atoms with Gasteiger partial charge in [0.15, 0.2) is 17.5 Å². The molecule has 0 fully saturated rings. The number of pyridine rings is 1. The van der Waals surface area contributed by atoms with E-state index in [4.69, 9.17) is 23.2 Å². The van der Waals surface area contributed by atoms with Crippen molar-refractivity contribution in [1.82, 2.24) is 29.9 Å². The number of rotatable bonds is 7. The Balaban J connectivity index is 1.53. The number of hydrogen-bond donors (Lipinski definition) is 3. The summed E-state index contributed by atoms with van der Waals surface area (Å²) in [5.41, 5.74) is -0.491. The molecule has 5 aromatic rings. The number of nitrogens with zero attached hydrogens (tertiary/aromatic N) is 6. The SMILES string of the molecule is O=S(=O)(Nc1ccc(F)c(Nc2ncnc3ccc(-n4cc(CO)nn4)nc23)c1F)c1cccc(Cl)c1Cl. The lowest BCUT2D eigenvalue weighted by Crippen LogP contribution is -2.15. The molecule has 3 N–H and O–H groups in total. The van der Waals surface area contributed by atoms with Gasteiger partial charge in [-0.3, -0.25) is 4.72 Å². The van der Waals surface area contributed by atoms with Gasteiger partial charge in [-0.2, -0.15) is 0 Å². The van der Waals surface area contributed by atoms with Crippen LogP contribution in [0.25, 0.3) is 16.9 Å². The van der Waals surface area contributed by atoms with E-state index in [0.29, 0.717) is 11.2 Å². The van der Waals surface area contributed by atoms with Gasteiger partial charge in [0.1, 0.15) is 33.9 Å². The molecule has 0 aliphatic rings. The van der Waals surface area contributed by atoms with E-state index < -0.39 is 33.0 Å². The summed E-state index contributed by atoms with van der Waals surface area (Å²) in [5.74, 6) is -2.09. The minimum Gasteiger partial charge on any atom is -0.390 e. The second-order valence-corrected chi connectivity index (χ2v) is 10.1. The summed E-state index contributed by atoms with van der Waals surface area (Å²) in [5, 5.41) is 19.1. The highest BCUT2D eigenvalue weighted by Gasteiger charge is 2.24. The highest BCUT2D eigenvalue weighted by atomic mass is 35.5. The van der Waals surface area contributed by atoms with Crippen LogP contribution in [0.1, 0.15) is 5.69 Å². The first kappa shape index (κ1) is 25.7. The number of aliphatic hydroxyl groups is 1. The number of sulfonamides is 1. The number of hydrogen-bond acceptors (Lipinski definition) is 9. The number of benzene rings is 2. The van der Waals surface area contributed by atoms with Crippen molar-refractivity contribution in [3.05, 3.63) is 82.4 Å². The number of fused-ring (bicyclic) bond motifs is 1. The monoisotopic (exact) mass is 578 g/mol. The summed E-state index contributed by atoms with van der Waals surface area (Å²) in [4.78, 5) is 12.1. The smallest absolute Gasteiger partial charge is 0.263 e. The summed E-state index contributed by atoms with van der Waals surface area (Å²) in [7, 11) is -4.39. The van der Waals surface area contributed by atoms with Crippen molar-refractivity contribution >= 4 is 61.5 Å². The summed E-state index contributed by atoms with van der Waals surface area (Å²) >= 11 is 11.9. The van der Waals surface area contributed by atoms with Crippen molar-refractivity contribution in [2.75, 3.05) is 10.0 Å². The number of anilines is 3. The van der Waals surface area contributed by atoms with Crippen LogP contribution in [0.3, 0.4) is 0 Å². The molecule has 0 spiro atoms. The van der Waals surface area contributed by atoms with Gasteiger partial charge in [-0.15, -0.1) is 5.10 Å². The van der Waals surface area contributed by atoms with Crippen LogP contribution < -0.4 is 10.0 Å². The third-order valence-electron chi connectivity index (χ3n) is 5.19. The Labute approximate surface area is 223 Å². The molecule has 3 aromatic heterocycles. The maximum absolute atomic E-state index is 15.4. The zero-order chi connectivity index (χ0) is 27.0. The van der Waals surface area contributed by atoms with Gasteiger partial charge in [0.05, 0.1) is 34.1 Å². The maximum Gasteiger partial charge on any atom is 0.263 e. The first-order valence-electron chi connectivity index (χ1n) is 10.5. The van der Waals surface area contributed by atoms with Gasteiger partial charge in [-0.05, 0) is 36.4 Å². The first-order valence-corrected chi connectivity index (χ1v) is 12.8. The van der Waals surface area contributed by atoms with Crippen LogP contribution in [0.5, 0.6) is 0 Å². The zero-order valence-corrected chi connectivity index (χ0v) is 21.1. The Hall–Kier alpha value is -3.98. The molecule has 0 saturated heterocycles. The molecule has 0 unspecified atom stereocenters. The summed E-state index contributed by atoms with van der Waals surface area (Å²) in [6, 6.07) is 8.89. The Morgan fingerprint density at radius 2 is 1.87 bits per heavy atom. The van der Waals surface area contributed by atoms with Gasteiger partial charge in [0.2, 0.25) is 0 Å². The fourth-order valence-electron chi connectivity index (χ4n) is 3.39. The van der Waals surface area contributed by atoms with E-state index in [0.717, 1.165) is 18.5 Å². The molecule has 194 valence electrons. The van der Waals surface area contributed by atoms with E-state index in [1.807, 2.05) is 0 Å². The molecule has 0 atom stereocenters. The Morgan fingerprint density at radius 3 is 2.63 bits per heavy atom. The van der Waals surface area contributed by atoms with E-state index in [1.54, 1.807) is 12.1 Å². The number of aromatic nitrogens is 6. The average molecular weight is 579 g/mol. The predicted octanol–water partition coefficient (Wildman–Crippen LogP) is 4.23. The van der Waals surface area contributed by atoms with E-state index in [1.165, 1.54) is 29.1 Å². The molecule has 11 nitrogen and oxygen atoms in total. The lowest BCUT2D eigenvalue weighted by molar-refractivity contribution is 0.276. The molecule has 3 heterocycles. The summed E-state index contributed by atoms with van der Waals surface area (Å²) in [6.45, 7) is -0.328. The third-order valence-corrected chi connectivity index (χ3v) is 7.53. The number of nitrogens with one attached hydrogen (secondary N) is 2. The standard InChI is InChI=1S/C22H14Cl2F2N8O3S/c23-12-2-1-3-16(18(12)24)38(36,37)32-14-5-4-13(25)20(19(14)26)30-22-21-15(27-10-28-22)6-7-17(29-21)34-8-11(9-35)31-33-34/h1-8,10,32,35H,9H2,(H,27,28,30). The van der Waals surface area contributed by atoms with Gasteiger partial charge >= 0.3 is 0 Å². The molecule has 0 radical (unpaired) electrons. The molecule has 0 bridgehead atoms. The lowest BCUT2D eigenvalue weighted by Gasteiger charge is -2.15. The topological polar surface area (TPSA) is 148 Å². The third kappa shape index (κ3) is 4.81. The van der Waals surface area contributed by atoms with E-state index in [-0.39, 0.29) is 38.7 Å². The van der Waals surface area contributed by atoms with Gasteiger partial charge < -0.3 is 10.4 Å². The fourth-order valence-corrected chi connectivity index (χ4v) is 5.21. The van der Waals surface area contributed by atoms with E-state index in [2.05, 4.69) is 35.3 Å². The molecular weight excluding hydrogens is 565 g/mol. The summed E-state index contributed by atoms with van der Waals surface area (Å²) in [6.07, 6.45) is 2.61. The molecule has 0 amide bonds. The largest absolute Gasteiger partial charge is 0.390 e. The van der Waals surface area contributed by atoms with Gasteiger partial charge in [0.25, 0.3) is 10.0 Å². The maximum atomic E-state index is 15.4. The minimum atomic E-state index is -4.39. The highest BCUT2D eigenvalue weighted by molar-refractivity contribution is 7.92. The number of aliphatic hydroxyl groups excluding tert-OH is 1. The van der Waals surface area contributed by atoms with E-state index >= 15 is 4.39 Å². The molecule has 38 heavy (non-hydrogen) atoms. The molecule has 5 rings (SSSR count). The van der Waals surface area contributed by atoms with Crippen LogP contribution in [0.2, 0.25) is 10.0 Å². The fraction of sp³-hybridized carbons (Fsp3) is 0.0455. The molecule has 0 aliphatic carbocycles. The van der Waals surface area contributed by atoms with Gasteiger partial charge in [-0.1, -0.05) is 34.5 Å². The Morgan fingerprint density at radius 1 is 1.05 bits per heavy atom. The van der Waals surface area contributed by atoms with Crippen molar-refractivity contribution in [3.8, 4) is 5.82 Å². The quantitative estimate of drug-likeness (QED) is 0.258. The minimum absolute atomic E-state index is 0.0162. The van der Waals surface area contributed by atoms with Crippen LogP contribution >= 0.6 is 23.2 Å². The number of halogens is 4. The molecular formula is C22H14Cl2F2N8O3S. The van der Waals surface area contributed by atoms with Crippen molar-refractivity contribution in [1.29, 1.82) is 0 Å². The van der Waals surface area contributed by atoms with Crippen LogP contribution in [0.4, 0.5) is 26.0 Å². The van der Waals surface area contributed by atoms with Gasteiger partial charge in [0, 0.05) is 0 Å². The second-order valence-electron chi connectivity index (χ2n) is 7.64. The Bertz CT molecular complexity index is 1800. The van der Waals surface area contributed by atoms with Crippen LogP contribution in [-0.4, -0.2) is 43.5 Å². The average Bonchev–Trinajstić information content (AvgIpc) is 3.39. The first-order chi connectivity index (χ1) is 18.2. The molecule has 16 heteroatoms. The van der Waals surface area contributed by atoms with Crippen LogP contribution in [-0.2, 0) is 16.6 Å². The molecule has 0 saturated carbocycles.